The fourth-order valence-electron chi connectivity index (χ4n) is 1.90. The molecule has 0 atom stereocenters. The van der Waals surface area contributed by atoms with Crippen molar-refractivity contribution in [3.05, 3.63) is 27.7 Å². The molecule has 0 fully saturated rings. The highest BCUT2D eigenvalue weighted by molar-refractivity contribution is 9.10. The number of nitrogens with two attached hydrogens (primary N) is 1. The van der Waals surface area contributed by atoms with E-state index in [0.29, 0.717) is 5.16 Å². The van der Waals surface area contributed by atoms with Gasteiger partial charge in [0.1, 0.15) is 0 Å². The van der Waals surface area contributed by atoms with Crippen molar-refractivity contribution in [2.45, 2.75) is 19.0 Å². The summed E-state index contributed by atoms with van der Waals surface area (Å²) in [5, 5.41) is 17.0. The highest BCUT2D eigenvalue weighted by Gasteiger charge is 2.17. The van der Waals surface area contributed by atoms with Crippen LogP contribution in [0.2, 0.25) is 0 Å². The lowest BCUT2D eigenvalue weighted by molar-refractivity contribution is -0.133. The van der Waals surface area contributed by atoms with Crippen LogP contribution in [0.25, 0.3) is 5.69 Å². The van der Waals surface area contributed by atoms with Crippen LogP contribution >= 0.6 is 27.7 Å². The molecule has 1 aromatic carbocycles. The molecule has 3 N–H and O–H groups in total. The van der Waals surface area contributed by atoms with E-state index in [1.165, 1.54) is 0 Å². The first-order valence-electron chi connectivity index (χ1n) is 5.72. The summed E-state index contributed by atoms with van der Waals surface area (Å²) < 4.78 is 2.52. The van der Waals surface area contributed by atoms with E-state index in [1.54, 1.807) is 4.57 Å². The quantitative estimate of drug-likeness (QED) is 0.816. The topological polar surface area (TPSA) is 94.0 Å². The molecule has 6 nitrogen and oxygen atoms in total. The molecular weight excluding hydrogens is 344 g/mol. The van der Waals surface area contributed by atoms with Crippen LogP contribution in [0, 0.1) is 13.8 Å². The number of nitrogen functional groups attached to an aromatic ring is 1. The van der Waals surface area contributed by atoms with Gasteiger partial charge in [0, 0.05) is 4.47 Å². The van der Waals surface area contributed by atoms with E-state index in [9.17, 15) is 4.79 Å². The highest BCUT2D eigenvalue weighted by atomic mass is 79.9. The molecule has 8 heteroatoms. The van der Waals surface area contributed by atoms with Gasteiger partial charge in [0.25, 0.3) is 0 Å². The third kappa shape index (κ3) is 2.96. The van der Waals surface area contributed by atoms with Crippen LogP contribution in [0.3, 0.4) is 0 Å². The van der Waals surface area contributed by atoms with Crippen molar-refractivity contribution in [1.29, 1.82) is 0 Å². The fraction of sp³-hybridized carbons (Fsp3) is 0.250. The van der Waals surface area contributed by atoms with Gasteiger partial charge in [0.2, 0.25) is 5.95 Å². The molecule has 0 bridgehead atoms. The summed E-state index contributed by atoms with van der Waals surface area (Å²) in [6, 6.07) is 3.98. The van der Waals surface area contributed by atoms with Gasteiger partial charge in [-0.15, -0.1) is 10.2 Å². The molecule has 106 valence electrons. The molecule has 0 saturated heterocycles. The first kappa shape index (κ1) is 14.9. The smallest absolute Gasteiger partial charge is 0.313 e. The van der Waals surface area contributed by atoms with Gasteiger partial charge in [-0.05, 0) is 47.0 Å². The van der Waals surface area contributed by atoms with Crippen LogP contribution in [0.5, 0.6) is 0 Å². The zero-order valence-corrected chi connectivity index (χ0v) is 13.3. The van der Waals surface area contributed by atoms with Crippen molar-refractivity contribution in [1.82, 2.24) is 14.8 Å². The Morgan fingerprint density at radius 1 is 1.45 bits per heavy atom. The number of aryl methyl sites for hydroxylation is 2. The molecule has 1 heterocycles. The van der Waals surface area contributed by atoms with E-state index in [4.69, 9.17) is 10.8 Å². The van der Waals surface area contributed by atoms with Crippen molar-refractivity contribution >= 4 is 39.6 Å². The number of halogens is 1. The van der Waals surface area contributed by atoms with Gasteiger partial charge in [0.15, 0.2) is 5.16 Å². The third-order valence-corrected chi connectivity index (χ3v) is 4.12. The van der Waals surface area contributed by atoms with Crippen LogP contribution in [0.1, 0.15) is 11.1 Å². The number of hydrogen-bond acceptors (Lipinski definition) is 5. The molecule has 0 spiro atoms. The number of aliphatic carboxylic acids is 1. The van der Waals surface area contributed by atoms with Crippen molar-refractivity contribution in [2.24, 2.45) is 0 Å². The Balaban J connectivity index is 2.52. The molecule has 1 aromatic heterocycles. The Hall–Kier alpha value is -1.54. The van der Waals surface area contributed by atoms with Crippen LogP contribution in [-0.2, 0) is 4.79 Å². The molecule has 0 amide bonds. The van der Waals surface area contributed by atoms with Gasteiger partial charge in [0.05, 0.1) is 11.4 Å². The van der Waals surface area contributed by atoms with Crippen molar-refractivity contribution < 1.29 is 9.90 Å². The van der Waals surface area contributed by atoms with Gasteiger partial charge in [-0.2, -0.15) is 0 Å². The molecule has 0 aliphatic carbocycles. The molecular formula is C12H13BrN4O2S. The van der Waals surface area contributed by atoms with Gasteiger partial charge in [-0.25, -0.2) is 0 Å². The predicted molar refractivity (Wildman–Crippen MR) is 81.3 cm³/mol. The van der Waals surface area contributed by atoms with Gasteiger partial charge < -0.3 is 10.8 Å². The van der Waals surface area contributed by atoms with Crippen LogP contribution in [-0.4, -0.2) is 31.6 Å². The number of rotatable bonds is 4. The summed E-state index contributed by atoms with van der Waals surface area (Å²) in [6.45, 7) is 3.95. The van der Waals surface area contributed by atoms with Gasteiger partial charge in [-0.1, -0.05) is 17.8 Å². The van der Waals surface area contributed by atoms with Crippen LogP contribution in [0.15, 0.2) is 21.8 Å². The normalized spacial score (nSPS) is 10.8. The van der Waals surface area contributed by atoms with E-state index < -0.39 is 5.97 Å². The zero-order chi connectivity index (χ0) is 14.9. The number of carbonyl (C=O) groups is 1. The highest BCUT2D eigenvalue weighted by Crippen LogP contribution is 2.31. The average Bonchev–Trinajstić information content (AvgIpc) is 2.67. The van der Waals surface area contributed by atoms with Crippen molar-refractivity contribution in [3.63, 3.8) is 0 Å². The molecule has 0 unspecified atom stereocenters. The first-order chi connectivity index (χ1) is 9.40. The Kier molecular flexibility index (Phi) is 4.34. The number of nitrogens with zero attached hydrogens (tertiary/aromatic N) is 3. The second-order valence-electron chi connectivity index (χ2n) is 4.27. The Morgan fingerprint density at radius 3 is 2.75 bits per heavy atom. The lowest BCUT2D eigenvalue weighted by Crippen LogP contribution is -2.07. The number of benzene rings is 1. The summed E-state index contributed by atoms with van der Waals surface area (Å²) in [7, 11) is 0. The Morgan fingerprint density at radius 2 is 2.15 bits per heavy atom. The lowest BCUT2D eigenvalue weighted by Gasteiger charge is -2.13. The van der Waals surface area contributed by atoms with E-state index in [-0.39, 0.29) is 11.7 Å². The zero-order valence-electron chi connectivity index (χ0n) is 10.9. The minimum atomic E-state index is -0.914. The standard InChI is InChI=1S/C12H13BrN4O2S/c1-6-3-7(2)10(8(13)4-6)17-11(14)15-16-12(17)20-5-9(18)19/h3-4H,5H2,1-2H3,(H2,14,15)(H,18,19). The maximum Gasteiger partial charge on any atom is 0.313 e. The number of thioether (sulfide) groups is 1. The summed E-state index contributed by atoms with van der Waals surface area (Å²) >= 11 is 4.59. The fourth-order valence-corrected chi connectivity index (χ4v) is 3.42. The number of carboxylic acid groups (broad SMARTS) is 1. The van der Waals surface area contributed by atoms with E-state index in [1.807, 2.05) is 26.0 Å². The first-order valence-corrected chi connectivity index (χ1v) is 7.50. The summed E-state index contributed by atoms with van der Waals surface area (Å²) in [6.07, 6.45) is 0. The summed E-state index contributed by atoms with van der Waals surface area (Å²) in [5.41, 5.74) is 8.80. The van der Waals surface area contributed by atoms with Gasteiger partial charge >= 0.3 is 5.97 Å². The molecule has 0 saturated carbocycles. The number of aromatic nitrogens is 3. The second-order valence-corrected chi connectivity index (χ2v) is 6.07. The largest absolute Gasteiger partial charge is 0.481 e. The summed E-state index contributed by atoms with van der Waals surface area (Å²) in [5.74, 6) is -0.783. The molecule has 2 aromatic rings. The SMILES string of the molecule is Cc1cc(C)c(-n2c(N)nnc2SCC(=O)O)c(Br)c1. The molecule has 0 radical (unpaired) electrons. The number of carboxylic acids is 1. The lowest BCUT2D eigenvalue weighted by atomic mass is 10.1. The number of anilines is 1. The maximum absolute atomic E-state index is 10.7. The van der Waals surface area contributed by atoms with Crippen molar-refractivity contribution in [3.8, 4) is 5.69 Å². The monoisotopic (exact) mass is 356 g/mol. The molecule has 0 aliphatic rings. The molecule has 2 rings (SSSR count). The number of hydrogen-bond donors (Lipinski definition) is 2. The van der Waals surface area contributed by atoms with Crippen LogP contribution < -0.4 is 5.73 Å². The van der Waals surface area contributed by atoms with Crippen LogP contribution in [0.4, 0.5) is 5.95 Å². The molecule has 0 aliphatic heterocycles. The Bertz CT molecular complexity index is 648. The van der Waals surface area contributed by atoms with E-state index in [0.717, 1.165) is 33.0 Å². The molecule has 20 heavy (non-hydrogen) atoms. The van der Waals surface area contributed by atoms with E-state index in [2.05, 4.69) is 26.1 Å². The Labute approximate surface area is 128 Å². The third-order valence-electron chi connectivity index (χ3n) is 2.61. The van der Waals surface area contributed by atoms with E-state index >= 15 is 0 Å². The van der Waals surface area contributed by atoms with Crippen molar-refractivity contribution in [2.75, 3.05) is 11.5 Å². The minimum absolute atomic E-state index is 0.0966. The summed E-state index contributed by atoms with van der Waals surface area (Å²) in [4.78, 5) is 10.7. The van der Waals surface area contributed by atoms with Gasteiger partial charge in [-0.3, -0.25) is 9.36 Å². The average molecular weight is 357 g/mol. The second kappa shape index (κ2) is 5.84. The predicted octanol–water partition coefficient (Wildman–Crippen LogP) is 2.41. The minimum Gasteiger partial charge on any atom is -0.481 e. The maximum atomic E-state index is 10.7.